The summed E-state index contributed by atoms with van der Waals surface area (Å²) in [6, 6.07) is 6.50. The maximum Gasteiger partial charge on any atom is 0.283 e. The number of nitrogens with zero attached hydrogens (tertiary/aromatic N) is 3. The fourth-order valence-corrected chi connectivity index (χ4v) is 3.64. The minimum Gasteiger partial charge on any atom is -0.390 e. The minimum atomic E-state index is -0.417. The molecule has 0 atom stereocenters. The molecule has 1 aromatic carbocycles. The summed E-state index contributed by atoms with van der Waals surface area (Å²) in [7, 11) is 0. The molecule has 3 aromatic rings. The number of rotatable bonds is 4. The van der Waals surface area contributed by atoms with E-state index in [1.807, 2.05) is 11.6 Å². The van der Waals surface area contributed by atoms with E-state index in [1.165, 1.54) is 29.2 Å². The molecule has 8 heteroatoms. The Labute approximate surface area is 121 Å². The van der Waals surface area contributed by atoms with Crippen LogP contribution in [0.5, 0.6) is 0 Å². The topological polar surface area (TPSA) is 80.7 Å². The number of benzene rings is 1. The molecule has 0 aliphatic carbocycles. The maximum absolute atomic E-state index is 11.0. The Kier molecular flexibility index (Phi) is 3.43. The number of aromatic nitrogens is 2. The minimum absolute atomic E-state index is 0.0396. The van der Waals surface area contributed by atoms with Crippen LogP contribution in [0.2, 0.25) is 0 Å². The zero-order valence-corrected chi connectivity index (χ0v) is 11.7. The predicted octanol–water partition coefficient (Wildman–Crippen LogP) is 2.95. The molecule has 0 unspecified atom stereocenters. The summed E-state index contributed by atoms with van der Waals surface area (Å²) >= 11 is 2.65. The number of nitro groups is 1. The summed E-state index contributed by atoms with van der Waals surface area (Å²) in [6.45, 7) is -0.166. The Balaban J connectivity index is 2.05. The van der Waals surface area contributed by atoms with Crippen molar-refractivity contribution in [2.75, 3.05) is 0 Å². The first-order chi connectivity index (χ1) is 9.70. The van der Waals surface area contributed by atoms with Crippen molar-refractivity contribution < 1.29 is 10.0 Å². The molecule has 102 valence electrons. The lowest BCUT2D eigenvalue weighted by atomic mass is 10.3. The highest BCUT2D eigenvalue weighted by Crippen LogP contribution is 2.36. The van der Waals surface area contributed by atoms with Crippen LogP contribution in [-0.4, -0.2) is 19.4 Å². The average Bonchev–Trinajstić information content (AvgIpc) is 2.99. The number of hydrogen-bond acceptors (Lipinski definition) is 6. The van der Waals surface area contributed by atoms with Gasteiger partial charge < -0.3 is 5.11 Å². The number of fused-ring (bicyclic) bond motifs is 1. The van der Waals surface area contributed by atoms with Gasteiger partial charge in [-0.1, -0.05) is 23.9 Å². The highest BCUT2D eigenvalue weighted by molar-refractivity contribution is 7.99. The molecule has 0 radical (unpaired) electrons. The number of imidazole rings is 1. The molecule has 0 saturated heterocycles. The average molecular weight is 307 g/mol. The van der Waals surface area contributed by atoms with Crippen LogP contribution in [0.1, 0.15) is 5.69 Å². The summed E-state index contributed by atoms with van der Waals surface area (Å²) < 4.78 is 1.79. The second-order valence-electron chi connectivity index (χ2n) is 3.90. The van der Waals surface area contributed by atoms with Gasteiger partial charge in [-0.25, -0.2) is 4.98 Å². The highest BCUT2D eigenvalue weighted by atomic mass is 32.2. The van der Waals surface area contributed by atoms with Gasteiger partial charge in [0.15, 0.2) is 4.96 Å². The molecule has 0 spiro atoms. The van der Waals surface area contributed by atoms with Crippen LogP contribution in [0.25, 0.3) is 4.96 Å². The van der Waals surface area contributed by atoms with Crippen LogP contribution in [0.4, 0.5) is 5.69 Å². The van der Waals surface area contributed by atoms with Crippen LogP contribution in [0, 0.1) is 10.1 Å². The number of para-hydroxylation sites is 1. The summed E-state index contributed by atoms with van der Waals surface area (Å²) in [5.41, 5.74) is 0.683. The SMILES string of the molecule is O=[N+]([O-])c1ccccc1Sc1nc2sccn2c1CO. The van der Waals surface area contributed by atoms with E-state index >= 15 is 0 Å². The van der Waals surface area contributed by atoms with Crippen molar-refractivity contribution in [2.24, 2.45) is 0 Å². The van der Waals surface area contributed by atoms with Crippen LogP contribution in [0.3, 0.4) is 0 Å². The quantitative estimate of drug-likeness (QED) is 0.592. The zero-order valence-electron chi connectivity index (χ0n) is 10.1. The molecule has 0 aliphatic heterocycles. The summed E-state index contributed by atoms with van der Waals surface area (Å²) in [5, 5.41) is 23.0. The molecule has 0 bridgehead atoms. The second-order valence-corrected chi connectivity index (χ2v) is 5.81. The van der Waals surface area contributed by atoms with Crippen molar-refractivity contribution in [1.82, 2.24) is 9.38 Å². The predicted molar refractivity (Wildman–Crippen MR) is 76.2 cm³/mol. The van der Waals surface area contributed by atoms with Crippen molar-refractivity contribution in [3.63, 3.8) is 0 Å². The lowest BCUT2D eigenvalue weighted by Gasteiger charge is -2.02. The standard InChI is InChI=1S/C12H9N3O3S2/c16-7-9-11(13-12-14(9)5-6-19-12)20-10-4-2-1-3-8(10)15(17)18/h1-6,16H,7H2. The van der Waals surface area contributed by atoms with Crippen molar-refractivity contribution in [3.05, 3.63) is 51.7 Å². The van der Waals surface area contributed by atoms with Crippen molar-refractivity contribution >= 4 is 33.7 Å². The summed E-state index contributed by atoms with van der Waals surface area (Å²) in [5.74, 6) is 0. The first-order valence-corrected chi connectivity index (χ1v) is 7.37. The lowest BCUT2D eigenvalue weighted by Crippen LogP contribution is -1.93. The molecular formula is C12H9N3O3S2. The molecular weight excluding hydrogens is 298 g/mol. The van der Waals surface area contributed by atoms with Gasteiger partial charge in [-0.05, 0) is 6.07 Å². The first-order valence-electron chi connectivity index (χ1n) is 5.67. The first kappa shape index (κ1) is 13.1. The van der Waals surface area contributed by atoms with Gasteiger partial charge in [-0.3, -0.25) is 14.5 Å². The van der Waals surface area contributed by atoms with Gasteiger partial charge in [-0.15, -0.1) is 11.3 Å². The molecule has 0 fully saturated rings. The van der Waals surface area contributed by atoms with E-state index < -0.39 is 4.92 Å². The maximum atomic E-state index is 11.0. The van der Waals surface area contributed by atoms with Gasteiger partial charge in [0.2, 0.25) is 0 Å². The van der Waals surface area contributed by atoms with Gasteiger partial charge in [0, 0.05) is 17.6 Å². The Morgan fingerprint density at radius 3 is 3.00 bits per heavy atom. The molecule has 2 aromatic heterocycles. The van der Waals surface area contributed by atoms with E-state index in [2.05, 4.69) is 4.98 Å². The summed E-state index contributed by atoms with van der Waals surface area (Å²) in [6.07, 6.45) is 1.82. The summed E-state index contributed by atoms with van der Waals surface area (Å²) in [4.78, 5) is 16.3. The third-order valence-corrected chi connectivity index (χ3v) is 4.58. The highest BCUT2D eigenvalue weighted by Gasteiger charge is 2.18. The number of thiazole rings is 1. The zero-order chi connectivity index (χ0) is 14.1. The largest absolute Gasteiger partial charge is 0.390 e. The van der Waals surface area contributed by atoms with Crippen molar-refractivity contribution in [2.45, 2.75) is 16.5 Å². The van der Waals surface area contributed by atoms with Crippen molar-refractivity contribution in [1.29, 1.82) is 0 Å². The molecule has 0 aliphatic rings. The number of hydrogen-bond donors (Lipinski definition) is 1. The van der Waals surface area contributed by atoms with E-state index in [-0.39, 0.29) is 12.3 Å². The molecule has 0 saturated carbocycles. The monoisotopic (exact) mass is 307 g/mol. The second kappa shape index (κ2) is 5.23. The number of aliphatic hydroxyl groups is 1. The van der Waals surface area contributed by atoms with E-state index in [1.54, 1.807) is 22.6 Å². The Morgan fingerprint density at radius 2 is 2.25 bits per heavy atom. The van der Waals surface area contributed by atoms with Gasteiger partial charge in [0.05, 0.1) is 22.1 Å². The van der Waals surface area contributed by atoms with Gasteiger partial charge in [0.25, 0.3) is 5.69 Å². The molecule has 20 heavy (non-hydrogen) atoms. The smallest absolute Gasteiger partial charge is 0.283 e. The Hall–Kier alpha value is -1.90. The van der Waals surface area contributed by atoms with Gasteiger partial charge >= 0.3 is 0 Å². The van der Waals surface area contributed by atoms with E-state index in [0.717, 1.165) is 4.96 Å². The Morgan fingerprint density at radius 1 is 1.45 bits per heavy atom. The van der Waals surface area contributed by atoms with Gasteiger partial charge in [0.1, 0.15) is 5.03 Å². The molecule has 6 nitrogen and oxygen atoms in total. The van der Waals surface area contributed by atoms with Crippen molar-refractivity contribution in [3.8, 4) is 0 Å². The van der Waals surface area contributed by atoms with Crippen LogP contribution in [-0.2, 0) is 6.61 Å². The third kappa shape index (κ3) is 2.17. The van der Waals surface area contributed by atoms with E-state index in [4.69, 9.17) is 0 Å². The molecule has 2 heterocycles. The fraction of sp³-hybridized carbons (Fsp3) is 0.0833. The fourth-order valence-electron chi connectivity index (χ4n) is 1.84. The Bertz CT molecular complexity index is 781. The van der Waals surface area contributed by atoms with E-state index in [0.29, 0.717) is 15.6 Å². The van der Waals surface area contributed by atoms with Crippen LogP contribution in [0.15, 0.2) is 45.8 Å². The lowest BCUT2D eigenvalue weighted by molar-refractivity contribution is -0.387. The molecule has 1 N–H and O–H groups in total. The molecule has 3 rings (SSSR count). The van der Waals surface area contributed by atoms with Crippen LogP contribution >= 0.6 is 23.1 Å². The number of aliphatic hydroxyl groups excluding tert-OH is 1. The molecule has 0 amide bonds. The number of nitro benzene ring substituents is 1. The third-order valence-electron chi connectivity index (χ3n) is 2.74. The normalized spacial score (nSPS) is 11.1. The van der Waals surface area contributed by atoms with Gasteiger partial charge in [-0.2, -0.15) is 0 Å². The van der Waals surface area contributed by atoms with E-state index in [9.17, 15) is 15.2 Å². The van der Waals surface area contributed by atoms with Crippen LogP contribution < -0.4 is 0 Å².